The second kappa shape index (κ2) is 11.2. The van der Waals surface area contributed by atoms with Crippen LogP contribution in [0.15, 0.2) is 59.6 Å². The summed E-state index contributed by atoms with van der Waals surface area (Å²) in [6.45, 7) is 4.48. The number of hydrogen-bond acceptors (Lipinski definition) is 7. The molecule has 0 aliphatic carbocycles. The van der Waals surface area contributed by atoms with Crippen molar-refractivity contribution in [3.05, 3.63) is 54.7 Å². The van der Waals surface area contributed by atoms with Gasteiger partial charge in [-0.1, -0.05) is 0 Å². The van der Waals surface area contributed by atoms with Gasteiger partial charge in [-0.25, -0.2) is 8.42 Å². The molecule has 0 bridgehead atoms. The molecule has 2 aromatic carbocycles. The number of pyridine rings is 1. The number of benzene rings is 2. The fourth-order valence-electron chi connectivity index (χ4n) is 5.37. The first kappa shape index (κ1) is 26.9. The number of piperidine rings is 1. The van der Waals surface area contributed by atoms with Crippen LogP contribution in [0.2, 0.25) is 0 Å². The van der Waals surface area contributed by atoms with E-state index in [1.54, 1.807) is 25.4 Å². The van der Waals surface area contributed by atoms with E-state index < -0.39 is 10.0 Å². The monoisotopic (exact) mass is 551 g/mol. The fourth-order valence-corrected chi connectivity index (χ4v) is 6.89. The predicted octanol–water partition coefficient (Wildman–Crippen LogP) is 2.95. The lowest BCUT2D eigenvalue weighted by Gasteiger charge is -2.39. The van der Waals surface area contributed by atoms with Crippen molar-refractivity contribution in [1.82, 2.24) is 14.2 Å². The Morgan fingerprint density at radius 2 is 1.74 bits per heavy atom. The summed E-state index contributed by atoms with van der Waals surface area (Å²) in [4.78, 5) is 33.5. The van der Waals surface area contributed by atoms with Gasteiger partial charge in [-0.05, 0) is 55.3 Å². The highest BCUT2D eigenvalue weighted by Gasteiger charge is 2.36. The number of rotatable bonds is 6. The molecule has 0 radical (unpaired) electrons. The highest BCUT2D eigenvalue weighted by atomic mass is 32.2. The molecule has 1 unspecified atom stereocenters. The van der Waals surface area contributed by atoms with Gasteiger partial charge < -0.3 is 19.9 Å². The molecule has 2 aliphatic heterocycles. The molecular weight excluding hydrogens is 518 g/mol. The Labute approximate surface area is 228 Å². The number of piperazine rings is 1. The van der Waals surface area contributed by atoms with Gasteiger partial charge in [0.15, 0.2) is 0 Å². The predicted molar refractivity (Wildman–Crippen MR) is 149 cm³/mol. The van der Waals surface area contributed by atoms with Crippen molar-refractivity contribution < 1.29 is 22.7 Å². The van der Waals surface area contributed by atoms with E-state index in [0.29, 0.717) is 51.3 Å². The van der Waals surface area contributed by atoms with Crippen molar-refractivity contribution in [3.63, 3.8) is 0 Å². The first-order chi connectivity index (χ1) is 18.8. The number of amides is 2. The third-order valence-electron chi connectivity index (χ3n) is 7.40. The molecule has 1 atom stereocenters. The number of fused-ring (bicyclic) bond motifs is 1. The Hall–Kier alpha value is -3.70. The summed E-state index contributed by atoms with van der Waals surface area (Å²) in [6.07, 6.45) is 3.09. The lowest BCUT2D eigenvalue weighted by atomic mass is 9.97. The number of nitrogens with one attached hydrogen (secondary N) is 1. The van der Waals surface area contributed by atoms with Crippen LogP contribution >= 0.6 is 0 Å². The maximum atomic E-state index is 13.5. The standard InChI is InChI=1S/C28H33N5O5S/c1-20(34)30-22-5-8-24(9-6-22)39(36,37)33-13-3-4-21(19-33)28(35)32-16-14-31(15-17-32)27-11-12-29-26-18-23(38-2)7-10-25(26)27/h5-12,18,21H,3-4,13-17,19H2,1-2H3,(H,30,34). The summed E-state index contributed by atoms with van der Waals surface area (Å²) in [5.41, 5.74) is 2.47. The molecule has 1 aromatic heterocycles. The summed E-state index contributed by atoms with van der Waals surface area (Å²) in [6, 6.07) is 14.0. The molecule has 2 saturated heterocycles. The highest BCUT2D eigenvalue weighted by molar-refractivity contribution is 7.89. The molecule has 10 nitrogen and oxygen atoms in total. The van der Waals surface area contributed by atoms with Gasteiger partial charge in [0, 0.05) is 75.2 Å². The first-order valence-corrected chi connectivity index (χ1v) is 14.5. The van der Waals surface area contributed by atoms with Crippen LogP contribution < -0.4 is 15.0 Å². The Kier molecular flexibility index (Phi) is 7.72. The third-order valence-corrected chi connectivity index (χ3v) is 9.28. The van der Waals surface area contributed by atoms with Crippen LogP contribution in [0.25, 0.3) is 10.9 Å². The van der Waals surface area contributed by atoms with E-state index in [4.69, 9.17) is 4.74 Å². The van der Waals surface area contributed by atoms with Gasteiger partial charge >= 0.3 is 0 Å². The maximum absolute atomic E-state index is 13.5. The number of nitrogens with zero attached hydrogens (tertiary/aromatic N) is 4. The van der Waals surface area contributed by atoms with Crippen molar-refractivity contribution in [1.29, 1.82) is 0 Å². The second-order valence-electron chi connectivity index (χ2n) is 9.93. The zero-order valence-corrected chi connectivity index (χ0v) is 23.0. The van der Waals surface area contributed by atoms with Crippen LogP contribution in [0.3, 0.4) is 0 Å². The Morgan fingerprint density at radius 1 is 1.00 bits per heavy atom. The molecular formula is C28H33N5O5S. The van der Waals surface area contributed by atoms with Crippen molar-refractivity contribution >= 4 is 44.1 Å². The molecule has 3 heterocycles. The lowest BCUT2D eigenvalue weighted by Crippen LogP contribution is -2.53. The van der Waals surface area contributed by atoms with Crippen molar-refractivity contribution in [2.45, 2.75) is 24.7 Å². The van der Waals surface area contributed by atoms with Gasteiger partial charge in [0.05, 0.1) is 23.4 Å². The number of methoxy groups -OCH3 is 1. The molecule has 39 heavy (non-hydrogen) atoms. The zero-order chi connectivity index (χ0) is 27.6. The highest BCUT2D eigenvalue weighted by Crippen LogP contribution is 2.30. The smallest absolute Gasteiger partial charge is 0.243 e. The molecule has 206 valence electrons. The number of aromatic nitrogens is 1. The summed E-state index contributed by atoms with van der Waals surface area (Å²) in [7, 11) is -2.11. The quantitative estimate of drug-likeness (QED) is 0.501. The maximum Gasteiger partial charge on any atom is 0.243 e. The van der Waals surface area contributed by atoms with E-state index in [-0.39, 0.29) is 29.2 Å². The molecule has 2 amide bonds. The Balaban J connectivity index is 1.22. The minimum Gasteiger partial charge on any atom is -0.497 e. The average molecular weight is 552 g/mol. The molecule has 2 aliphatic rings. The molecule has 2 fully saturated rings. The number of carbonyl (C=O) groups is 2. The minimum absolute atomic E-state index is 0.0138. The Morgan fingerprint density at radius 3 is 2.44 bits per heavy atom. The minimum atomic E-state index is -3.75. The van der Waals surface area contributed by atoms with Gasteiger partial charge in [-0.2, -0.15) is 4.31 Å². The summed E-state index contributed by atoms with van der Waals surface area (Å²) in [5, 5.41) is 3.68. The van der Waals surface area contributed by atoms with Crippen molar-refractivity contribution in [3.8, 4) is 5.75 Å². The summed E-state index contributed by atoms with van der Waals surface area (Å²) >= 11 is 0. The van der Waals surface area contributed by atoms with Gasteiger partial charge in [-0.15, -0.1) is 0 Å². The zero-order valence-electron chi connectivity index (χ0n) is 22.2. The van der Waals surface area contributed by atoms with Crippen LogP contribution in [0.1, 0.15) is 19.8 Å². The number of hydrogen-bond donors (Lipinski definition) is 1. The number of anilines is 2. The SMILES string of the molecule is COc1ccc2c(N3CCN(C(=O)C4CCCN(S(=O)(=O)c5ccc(NC(C)=O)cc5)C4)CC3)ccnc2c1. The number of ether oxygens (including phenoxy) is 1. The molecule has 5 rings (SSSR count). The average Bonchev–Trinajstić information content (AvgIpc) is 2.96. The van der Waals surface area contributed by atoms with E-state index in [1.165, 1.54) is 23.4 Å². The van der Waals surface area contributed by atoms with Crippen LogP contribution in [0.4, 0.5) is 11.4 Å². The van der Waals surface area contributed by atoms with Gasteiger partial charge in [0.1, 0.15) is 5.75 Å². The third kappa shape index (κ3) is 5.69. The van der Waals surface area contributed by atoms with Crippen LogP contribution in [-0.2, 0) is 19.6 Å². The van der Waals surface area contributed by atoms with E-state index in [0.717, 1.165) is 22.3 Å². The summed E-state index contributed by atoms with van der Waals surface area (Å²) in [5.74, 6) is 0.180. The molecule has 0 saturated carbocycles. The summed E-state index contributed by atoms with van der Waals surface area (Å²) < 4.78 is 33.4. The van der Waals surface area contributed by atoms with Crippen LogP contribution in [-0.4, -0.2) is 80.8 Å². The molecule has 0 spiro atoms. The Bertz CT molecular complexity index is 1470. The van der Waals surface area contributed by atoms with Crippen molar-refractivity contribution in [2.24, 2.45) is 5.92 Å². The van der Waals surface area contributed by atoms with E-state index in [2.05, 4.69) is 15.2 Å². The van der Waals surface area contributed by atoms with E-state index >= 15 is 0 Å². The molecule has 11 heteroatoms. The second-order valence-corrected chi connectivity index (χ2v) is 11.9. The van der Waals surface area contributed by atoms with Gasteiger partial charge in [0.2, 0.25) is 21.8 Å². The number of sulfonamides is 1. The topological polar surface area (TPSA) is 112 Å². The largest absolute Gasteiger partial charge is 0.497 e. The normalized spacial score (nSPS) is 18.7. The van der Waals surface area contributed by atoms with E-state index in [9.17, 15) is 18.0 Å². The lowest BCUT2D eigenvalue weighted by molar-refractivity contribution is -0.137. The van der Waals surface area contributed by atoms with Crippen LogP contribution in [0, 0.1) is 5.92 Å². The fraction of sp³-hybridized carbons (Fsp3) is 0.393. The molecule has 1 N–H and O–H groups in total. The van der Waals surface area contributed by atoms with Crippen molar-refractivity contribution in [2.75, 3.05) is 56.6 Å². The van der Waals surface area contributed by atoms with Gasteiger partial charge in [0.25, 0.3) is 0 Å². The van der Waals surface area contributed by atoms with Gasteiger partial charge in [-0.3, -0.25) is 14.6 Å². The number of carbonyl (C=O) groups excluding carboxylic acids is 2. The van der Waals surface area contributed by atoms with Crippen LogP contribution in [0.5, 0.6) is 5.75 Å². The first-order valence-electron chi connectivity index (χ1n) is 13.1. The molecule has 3 aromatic rings. The van der Waals surface area contributed by atoms with E-state index in [1.807, 2.05) is 29.2 Å².